The monoisotopic (exact) mass is 286 g/mol. The summed E-state index contributed by atoms with van der Waals surface area (Å²) in [4.78, 5) is 0. The van der Waals surface area contributed by atoms with Crippen molar-refractivity contribution in [3.8, 4) is 11.5 Å². The van der Waals surface area contributed by atoms with Crippen molar-refractivity contribution >= 4 is 15.9 Å². The number of halogens is 1. The molecule has 0 atom stereocenters. The van der Waals surface area contributed by atoms with Crippen molar-refractivity contribution in [2.45, 2.75) is 38.1 Å². The normalized spacial score (nSPS) is 10.6. The van der Waals surface area contributed by atoms with E-state index in [1.54, 1.807) is 7.11 Å². The Bertz CT molecular complexity index is 322. The molecule has 3 heteroatoms. The molecule has 90 valence electrons. The Kier molecular flexibility index (Phi) is 5.67. The van der Waals surface area contributed by atoms with Gasteiger partial charge in [-0.1, -0.05) is 29.8 Å². The minimum Gasteiger partial charge on any atom is -0.497 e. The fourth-order valence-electron chi connectivity index (χ4n) is 1.54. The molecule has 0 bridgehead atoms. The van der Waals surface area contributed by atoms with Crippen LogP contribution >= 0.6 is 15.9 Å². The van der Waals surface area contributed by atoms with Crippen molar-refractivity contribution in [1.82, 2.24) is 0 Å². The van der Waals surface area contributed by atoms with Gasteiger partial charge in [-0.25, -0.2) is 0 Å². The Hall–Kier alpha value is -0.700. The lowest BCUT2D eigenvalue weighted by Crippen LogP contribution is -2.14. The van der Waals surface area contributed by atoms with Crippen molar-refractivity contribution < 1.29 is 9.47 Å². The first-order chi connectivity index (χ1) is 7.74. The van der Waals surface area contributed by atoms with E-state index in [9.17, 15) is 0 Å². The second-order valence-electron chi connectivity index (χ2n) is 3.66. The SMILES string of the molecule is CCC(CC)Oc1ccc(OC)cc1CBr. The van der Waals surface area contributed by atoms with Crippen LogP contribution in [-0.2, 0) is 5.33 Å². The van der Waals surface area contributed by atoms with Gasteiger partial charge in [-0.3, -0.25) is 0 Å². The summed E-state index contributed by atoms with van der Waals surface area (Å²) in [6.45, 7) is 4.29. The second-order valence-corrected chi connectivity index (χ2v) is 4.22. The minimum atomic E-state index is 0.297. The number of hydrogen-bond acceptors (Lipinski definition) is 2. The predicted molar refractivity (Wildman–Crippen MR) is 70.6 cm³/mol. The predicted octanol–water partition coefficient (Wildman–Crippen LogP) is 4.16. The summed E-state index contributed by atoms with van der Waals surface area (Å²) in [7, 11) is 1.68. The van der Waals surface area contributed by atoms with Crippen molar-refractivity contribution in [3.63, 3.8) is 0 Å². The zero-order chi connectivity index (χ0) is 12.0. The van der Waals surface area contributed by atoms with Gasteiger partial charge in [0, 0.05) is 10.9 Å². The maximum absolute atomic E-state index is 5.95. The molecule has 0 saturated carbocycles. The number of methoxy groups -OCH3 is 1. The first-order valence-corrected chi connectivity index (χ1v) is 6.76. The van der Waals surface area contributed by atoms with E-state index in [0.29, 0.717) is 6.10 Å². The van der Waals surface area contributed by atoms with Gasteiger partial charge in [0.1, 0.15) is 11.5 Å². The van der Waals surface area contributed by atoms with Crippen LogP contribution < -0.4 is 9.47 Å². The molecule has 1 rings (SSSR count). The molecule has 0 N–H and O–H groups in total. The van der Waals surface area contributed by atoms with E-state index < -0.39 is 0 Å². The van der Waals surface area contributed by atoms with Crippen LogP contribution in [0.15, 0.2) is 18.2 Å². The molecular formula is C13H19BrO2. The number of ether oxygens (including phenoxy) is 2. The molecule has 1 aromatic rings. The summed E-state index contributed by atoms with van der Waals surface area (Å²) in [5.41, 5.74) is 1.13. The maximum Gasteiger partial charge on any atom is 0.124 e. The topological polar surface area (TPSA) is 18.5 Å². The molecule has 1 aromatic carbocycles. The quantitative estimate of drug-likeness (QED) is 0.731. The van der Waals surface area contributed by atoms with E-state index >= 15 is 0 Å². The minimum absolute atomic E-state index is 0.297. The number of alkyl halides is 1. The highest BCUT2D eigenvalue weighted by atomic mass is 79.9. The van der Waals surface area contributed by atoms with Crippen LogP contribution in [0, 0.1) is 0 Å². The molecule has 0 aliphatic carbocycles. The van der Waals surface area contributed by atoms with Crippen LogP contribution in [0.2, 0.25) is 0 Å². The van der Waals surface area contributed by atoms with E-state index in [0.717, 1.165) is 35.2 Å². The van der Waals surface area contributed by atoms with E-state index in [1.165, 1.54) is 0 Å². The molecule has 0 fully saturated rings. The lowest BCUT2D eigenvalue weighted by Gasteiger charge is -2.18. The molecule has 2 nitrogen and oxygen atoms in total. The summed E-state index contributed by atoms with van der Waals surface area (Å²) in [5, 5.41) is 0.777. The van der Waals surface area contributed by atoms with E-state index in [2.05, 4.69) is 29.8 Å². The molecule has 0 spiro atoms. The summed E-state index contributed by atoms with van der Waals surface area (Å²) < 4.78 is 11.1. The van der Waals surface area contributed by atoms with Crippen molar-refractivity contribution in [3.05, 3.63) is 23.8 Å². The highest BCUT2D eigenvalue weighted by molar-refractivity contribution is 9.08. The maximum atomic E-state index is 5.95. The molecule has 16 heavy (non-hydrogen) atoms. The van der Waals surface area contributed by atoms with Crippen LogP contribution in [0.3, 0.4) is 0 Å². The molecule has 0 aromatic heterocycles. The third-order valence-electron chi connectivity index (χ3n) is 2.62. The number of rotatable bonds is 6. The number of hydrogen-bond donors (Lipinski definition) is 0. The van der Waals surface area contributed by atoms with Crippen molar-refractivity contribution in [2.75, 3.05) is 7.11 Å². The van der Waals surface area contributed by atoms with Gasteiger partial charge < -0.3 is 9.47 Å². The summed E-state index contributed by atoms with van der Waals surface area (Å²) >= 11 is 3.47. The Morgan fingerprint density at radius 3 is 2.44 bits per heavy atom. The van der Waals surface area contributed by atoms with E-state index in [4.69, 9.17) is 9.47 Å². The third-order valence-corrected chi connectivity index (χ3v) is 3.22. The van der Waals surface area contributed by atoms with Gasteiger partial charge in [-0.05, 0) is 31.0 Å². The van der Waals surface area contributed by atoms with Crippen LogP contribution in [0.4, 0.5) is 0 Å². The summed E-state index contributed by atoms with van der Waals surface area (Å²) in [5.74, 6) is 1.82. The average molecular weight is 287 g/mol. The standard InChI is InChI=1S/C13H19BrO2/c1-4-11(5-2)16-13-7-6-12(15-3)8-10(13)9-14/h6-8,11H,4-5,9H2,1-3H3. The molecule has 0 heterocycles. The molecule has 0 radical (unpaired) electrons. The van der Waals surface area contributed by atoms with E-state index in [1.807, 2.05) is 18.2 Å². The smallest absolute Gasteiger partial charge is 0.124 e. The van der Waals surface area contributed by atoms with E-state index in [-0.39, 0.29) is 0 Å². The Morgan fingerprint density at radius 2 is 1.94 bits per heavy atom. The fraction of sp³-hybridized carbons (Fsp3) is 0.538. The average Bonchev–Trinajstić information content (AvgIpc) is 2.35. The summed E-state index contributed by atoms with van der Waals surface area (Å²) in [6, 6.07) is 5.92. The van der Waals surface area contributed by atoms with Crippen LogP contribution in [0.25, 0.3) is 0 Å². The first-order valence-electron chi connectivity index (χ1n) is 5.64. The molecule has 0 unspecified atom stereocenters. The van der Waals surface area contributed by atoms with Gasteiger partial charge >= 0.3 is 0 Å². The van der Waals surface area contributed by atoms with Gasteiger partial charge in [0.25, 0.3) is 0 Å². The molecule has 0 saturated heterocycles. The molecular weight excluding hydrogens is 268 g/mol. The lowest BCUT2D eigenvalue weighted by atomic mass is 10.2. The molecule has 0 amide bonds. The van der Waals surface area contributed by atoms with Gasteiger partial charge in [0.2, 0.25) is 0 Å². The highest BCUT2D eigenvalue weighted by Gasteiger charge is 2.09. The Balaban J connectivity index is 2.86. The number of benzene rings is 1. The first kappa shape index (κ1) is 13.4. The molecule has 0 aliphatic rings. The van der Waals surface area contributed by atoms with Crippen LogP contribution in [0.1, 0.15) is 32.3 Å². The van der Waals surface area contributed by atoms with Gasteiger partial charge in [0.05, 0.1) is 13.2 Å². The van der Waals surface area contributed by atoms with Crippen molar-refractivity contribution in [2.24, 2.45) is 0 Å². The lowest BCUT2D eigenvalue weighted by molar-refractivity contribution is 0.191. The molecule has 0 aliphatic heterocycles. The highest BCUT2D eigenvalue weighted by Crippen LogP contribution is 2.27. The van der Waals surface area contributed by atoms with Gasteiger partial charge in [0.15, 0.2) is 0 Å². The van der Waals surface area contributed by atoms with Crippen molar-refractivity contribution in [1.29, 1.82) is 0 Å². The second kappa shape index (κ2) is 6.79. The zero-order valence-corrected chi connectivity index (χ0v) is 11.7. The Morgan fingerprint density at radius 1 is 1.25 bits per heavy atom. The van der Waals surface area contributed by atoms with Gasteiger partial charge in [-0.15, -0.1) is 0 Å². The summed E-state index contributed by atoms with van der Waals surface area (Å²) in [6.07, 6.45) is 2.36. The van der Waals surface area contributed by atoms with Gasteiger partial charge in [-0.2, -0.15) is 0 Å². The Labute approximate surface area is 106 Å². The van der Waals surface area contributed by atoms with Crippen LogP contribution in [0.5, 0.6) is 11.5 Å². The third kappa shape index (κ3) is 3.41. The zero-order valence-electron chi connectivity index (χ0n) is 10.1. The fourth-order valence-corrected chi connectivity index (χ4v) is 1.98. The van der Waals surface area contributed by atoms with Crippen LogP contribution in [-0.4, -0.2) is 13.2 Å². The largest absolute Gasteiger partial charge is 0.497 e.